The highest BCUT2D eigenvalue weighted by Gasteiger charge is 2.40. The molecule has 2 aromatic rings. The van der Waals surface area contributed by atoms with Gasteiger partial charge in [-0.05, 0) is 57.2 Å². The van der Waals surface area contributed by atoms with Crippen molar-refractivity contribution in [2.75, 3.05) is 13.1 Å². The Kier molecular flexibility index (Phi) is 7.67. The molecule has 0 radical (unpaired) electrons. The van der Waals surface area contributed by atoms with Crippen molar-refractivity contribution in [3.05, 3.63) is 71.3 Å². The van der Waals surface area contributed by atoms with Crippen molar-refractivity contribution in [1.82, 2.24) is 15.1 Å². The Morgan fingerprint density at radius 3 is 2.19 bits per heavy atom. The minimum atomic E-state index is -0.649. The molecular formula is C29H37N3O4. The van der Waals surface area contributed by atoms with E-state index in [0.29, 0.717) is 38.9 Å². The number of likely N-dealkylation sites (tertiary alicyclic amines) is 1. The summed E-state index contributed by atoms with van der Waals surface area (Å²) in [5, 5.41) is 3.12. The van der Waals surface area contributed by atoms with Crippen molar-refractivity contribution in [2.45, 2.75) is 71.2 Å². The van der Waals surface area contributed by atoms with Gasteiger partial charge in [0.15, 0.2) is 0 Å². The number of amides is 3. The molecule has 3 amide bonds. The summed E-state index contributed by atoms with van der Waals surface area (Å²) < 4.78 is 5.65. The Morgan fingerprint density at radius 2 is 1.56 bits per heavy atom. The molecule has 4 rings (SSSR count). The fourth-order valence-electron chi connectivity index (χ4n) is 4.99. The van der Waals surface area contributed by atoms with Crippen molar-refractivity contribution in [3.63, 3.8) is 0 Å². The molecule has 7 nitrogen and oxygen atoms in total. The summed E-state index contributed by atoms with van der Waals surface area (Å²) >= 11 is 0. The normalized spacial score (nSPS) is 19.3. The van der Waals surface area contributed by atoms with Gasteiger partial charge in [0, 0.05) is 25.4 Å². The average Bonchev–Trinajstić information content (AvgIpc) is 2.87. The highest BCUT2D eigenvalue weighted by molar-refractivity contribution is 5.87. The number of fused-ring (bicyclic) bond motifs is 1. The number of ether oxygens (including phenoxy) is 1. The average molecular weight is 492 g/mol. The first-order valence-electron chi connectivity index (χ1n) is 12.8. The maximum atomic E-state index is 13.7. The third kappa shape index (κ3) is 6.07. The lowest BCUT2D eigenvalue weighted by Gasteiger charge is -2.40. The van der Waals surface area contributed by atoms with Gasteiger partial charge in [0.05, 0.1) is 12.6 Å². The van der Waals surface area contributed by atoms with E-state index in [1.807, 2.05) is 82.3 Å². The summed E-state index contributed by atoms with van der Waals surface area (Å²) in [5.41, 5.74) is 2.54. The van der Waals surface area contributed by atoms with Gasteiger partial charge in [0.1, 0.15) is 11.6 Å². The number of nitrogens with one attached hydrogen (secondary N) is 1. The quantitative estimate of drug-likeness (QED) is 0.685. The van der Waals surface area contributed by atoms with Gasteiger partial charge in [-0.15, -0.1) is 0 Å². The highest BCUT2D eigenvalue weighted by Crippen LogP contribution is 2.28. The molecule has 2 aliphatic heterocycles. The third-order valence-electron chi connectivity index (χ3n) is 7.00. The lowest BCUT2D eigenvalue weighted by atomic mass is 9.91. The summed E-state index contributed by atoms with van der Waals surface area (Å²) in [4.78, 5) is 43.0. The zero-order valence-electron chi connectivity index (χ0n) is 21.7. The van der Waals surface area contributed by atoms with Crippen LogP contribution in [0.3, 0.4) is 0 Å². The number of piperidine rings is 1. The standard InChI is InChI=1S/C29H37N3O4/c1-20(21-10-6-5-7-11-21)30-26(33)22-14-16-31(17-15-22)27(34)25-18-23-12-8-9-13-24(23)19-32(25)28(35)36-29(2,3)4/h5-13,20,22,25H,14-19H2,1-4H3,(H,30,33)/t20-,25-/m0/s1. The molecule has 1 N–H and O–H groups in total. The van der Waals surface area contributed by atoms with E-state index >= 15 is 0 Å². The monoisotopic (exact) mass is 491 g/mol. The van der Waals surface area contributed by atoms with Gasteiger partial charge in [-0.1, -0.05) is 54.6 Å². The van der Waals surface area contributed by atoms with E-state index in [4.69, 9.17) is 4.74 Å². The predicted molar refractivity (Wildman–Crippen MR) is 138 cm³/mol. The lowest BCUT2D eigenvalue weighted by Crippen LogP contribution is -2.56. The molecular weight excluding hydrogens is 454 g/mol. The maximum absolute atomic E-state index is 13.7. The van der Waals surface area contributed by atoms with Gasteiger partial charge in [0.2, 0.25) is 11.8 Å². The summed E-state index contributed by atoms with van der Waals surface area (Å²) in [5.74, 6) is -0.179. The number of nitrogens with zero attached hydrogens (tertiary/aromatic N) is 2. The smallest absolute Gasteiger partial charge is 0.411 e. The van der Waals surface area contributed by atoms with Crippen LogP contribution in [0, 0.1) is 5.92 Å². The summed E-state index contributed by atoms with van der Waals surface area (Å²) in [6.45, 7) is 8.81. The van der Waals surface area contributed by atoms with Gasteiger partial charge in [-0.2, -0.15) is 0 Å². The number of rotatable bonds is 4. The summed E-state index contributed by atoms with van der Waals surface area (Å²) in [7, 11) is 0. The van der Waals surface area contributed by atoms with E-state index in [2.05, 4.69) is 5.32 Å². The zero-order valence-corrected chi connectivity index (χ0v) is 21.7. The van der Waals surface area contributed by atoms with Crippen LogP contribution >= 0.6 is 0 Å². The van der Waals surface area contributed by atoms with Crippen molar-refractivity contribution in [1.29, 1.82) is 0 Å². The Morgan fingerprint density at radius 1 is 0.944 bits per heavy atom. The molecule has 0 bridgehead atoms. The van der Waals surface area contributed by atoms with Crippen LogP contribution in [0.5, 0.6) is 0 Å². The second-order valence-corrected chi connectivity index (χ2v) is 10.8. The van der Waals surface area contributed by atoms with Crippen LogP contribution in [-0.4, -0.2) is 52.4 Å². The molecule has 0 saturated carbocycles. The molecule has 0 spiro atoms. The molecule has 0 unspecified atom stereocenters. The predicted octanol–water partition coefficient (Wildman–Crippen LogP) is 4.46. The van der Waals surface area contributed by atoms with Crippen molar-refractivity contribution < 1.29 is 19.1 Å². The molecule has 2 heterocycles. The topological polar surface area (TPSA) is 79.0 Å². The van der Waals surface area contributed by atoms with Crippen LogP contribution in [0.15, 0.2) is 54.6 Å². The van der Waals surface area contributed by atoms with Gasteiger partial charge in [-0.25, -0.2) is 4.79 Å². The first kappa shape index (κ1) is 25.7. The second-order valence-electron chi connectivity index (χ2n) is 10.8. The summed E-state index contributed by atoms with van der Waals surface area (Å²) in [6.07, 6.45) is 1.20. The van der Waals surface area contributed by atoms with Crippen LogP contribution in [0.4, 0.5) is 4.79 Å². The van der Waals surface area contributed by atoms with E-state index in [0.717, 1.165) is 16.7 Å². The number of carbonyl (C=O) groups excluding carboxylic acids is 3. The number of hydrogen-bond donors (Lipinski definition) is 1. The number of carbonyl (C=O) groups is 3. The van der Waals surface area contributed by atoms with Crippen molar-refractivity contribution >= 4 is 17.9 Å². The van der Waals surface area contributed by atoms with Gasteiger partial charge in [-0.3, -0.25) is 14.5 Å². The molecule has 0 aliphatic carbocycles. The Hall–Kier alpha value is -3.35. The molecule has 2 aliphatic rings. The molecule has 7 heteroatoms. The largest absolute Gasteiger partial charge is 0.444 e. The third-order valence-corrected chi connectivity index (χ3v) is 7.00. The number of benzene rings is 2. The Bertz CT molecular complexity index is 1090. The number of hydrogen-bond acceptors (Lipinski definition) is 4. The SMILES string of the molecule is C[C@H](NC(=O)C1CCN(C(=O)[C@@H]2Cc3ccccc3CN2C(=O)OC(C)(C)C)CC1)c1ccccc1. The lowest BCUT2D eigenvalue weighted by molar-refractivity contribution is -0.140. The van der Waals surface area contributed by atoms with E-state index in [1.54, 1.807) is 9.80 Å². The van der Waals surface area contributed by atoms with E-state index in [9.17, 15) is 14.4 Å². The molecule has 1 saturated heterocycles. The summed E-state index contributed by atoms with van der Waals surface area (Å²) in [6, 6.07) is 17.1. The van der Waals surface area contributed by atoms with Gasteiger partial charge in [0.25, 0.3) is 0 Å². The van der Waals surface area contributed by atoms with Gasteiger partial charge >= 0.3 is 6.09 Å². The second kappa shape index (κ2) is 10.7. The van der Waals surface area contributed by atoms with Gasteiger partial charge < -0.3 is 15.0 Å². The highest BCUT2D eigenvalue weighted by atomic mass is 16.6. The first-order chi connectivity index (χ1) is 17.1. The molecule has 36 heavy (non-hydrogen) atoms. The van der Waals surface area contributed by atoms with Crippen LogP contribution in [0.25, 0.3) is 0 Å². The van der Waals surface area contributed by atoms with E-state index in [1.165, 1.54) is 0 Å². The minimum Gasteiger partial charge on any atom is -0.444 e. The van der Waals surface area contributed by atoms with Crippen LogP contribution in [0.2, 0.25) is 0 Å². The molecule has 0 aromatic heterocycles. The zero-order chi connectivity index (χ0) is 25.9. The molecule has 2 atom stereocenters. The van der Waals surface area contributed by atoms with E-state index in [-0.39, 0.29) is 23.8 Å². The van der Waals surface area contributed by atoms with Crippen LogP contribution in [0.1, 0.15) is 63.3 Å². The molecule has 2 aromatic carbocycles. The van der Waals surface area contributed by atoms with Crippen molar-refractivity contribution in [3.8, 4) is 0 Å². The maximum Gasteiger partial charge on any atom is 0.411 e. The fourth-order valence-corrected chi connectivity index (χ4v) is 4.99. The minimum absolute atomic E-state index is 0.0282. The fraction of sp³-hybridized carbons (Fsp3) is 0.483. The first-order valence-corrected chi connectivity index (χ1v) is 12.8. The molecule has 1 fully saturated rings. The van der Waals surface area contributed by atoms with Crippen LogP contribution in [-0.2, 0) is 27.3 Å². The Labute approximate surface area is 213 Å². The Balaban J connectivity index is 1.40. The van der Waals surface area contributed by atoms with Crippen molar-refractivity contribution in [2.24, 2.45) is 5.92 Å². The van der Waals surface area contributed by atoms with Crippen LogP contribution < -0.4 is 5.32 Å². The molecule has 192 valence electrons. The van der Waals surface area contributed by atoms with E-state index < -0.39 is 17.7 Å².